The van der Waals surface area contributed by atoms with Crippen molar-refractivity contribution in [2.75, 3.05) is 24.6 Å². The van der Waals surface area contributed by atoms with E-state index in [1.807, 2.05) is 31.2 Å². The zero-order valence-electron chi connectivity index (χ0n) is 17.1. The molecular formula is C21H21Cl2IN4O3S. The Labute approximate surface area is 211 Å². The molecule has 0 radical (unpaired) electrons. The predicted molar refractivity (Wildman–Crippen MR) is 138 cm³/mol. The Morgan fingerprint density at radius 2 is 1.78 bits per heavy atom. The number of carbonyl (C=O) groups is 1. The molecule has 11 heteroatoms. The first-order valence-electron chi connectivity index (χ1n) is 9.75. The first-order chi connectivity index (χ1) is 15.1. The minimum absolute atomic E-state index is 0.231. The number of aromatic nitrogens is 2. The van der Waals surface area contributed by atoms with Crippen molar-refractivity contribution < 1.29 is 13.9 Å². The van der Waals surface area contributed by atoms with E-state index in [2.05, 4.69) is 33.1 Å². The van der Waals surface area contributed by atoms with Crippen LogP contribution in [-0.4, -0.2) is 54.4 Å². The van der Waals surface area contributed by atoms with Gasteiger partial charge in [0.05, 0.1) is 27.9 Å². The molecule has 3 N–H and O–H groups in total. The lowest BCUT2D eigenvalue weighted by Gasteiger charge is -2.40. The summed E-state index contributed by atoms with van der Waals surface area (Å²) >= 11 is 14.8. The summed E-state index contributed by atoms with van der Waals surface area (Å²) in [6.45, 7) is 2.57. The highest BCUT2D eigenvalue weighted by molar-refractivity contribution is 14.1. The molecule has 1 amide bonds. The summed E-state index contributed by atoms with van der Waals surface area (Å²) in [5.41, 5.74) is 6.07. The van der Waals surface area contributed by atoms with Crippen molar-refractivity contribution in [3.05, 3.63) is 67.3 Å². The van der Waals surface area contributed by atoms with E-state index in [4.69, 9.17) is 23.2 Å². The molecule has 1 aliphatic rings. The number of carbonyl (C=O) groups excluding carboxylic acids is 1. The average Bonchev–Trinajstić information content (AvgIpc) is 3.07. The Kier molecular flexibility index (Phi) is 7.06. The molecule has 0 atom stereocenters. The summed E-state index contributed by atoms with van der Waals surface area (Å²) in [6, 6.07) is 13.1. The Morgan fingerprint density at radius 3 is 2.41 bits per heavy atom. The smallest absolute Gasteiger partial charge is 0.286 e. The van der Waals surface area contributed by atoms with Crippen LogP contribution in [0.3, 0.4) is 0 Å². The maximum absolute atomic E-state index is 13.1. The van der Waals surface area contributed by atoms with Crippen LogP contribution in [0.15, 0.2) is 42.5 Å². The quantitative estimate of drug-likeness (QED) is 0.343. The number of hydrazine groups is 1. The molecule has 1 aliphatic heterocycles. The van der Waals surface area contributed by atoms with E-state index < -0.39 is 10.6 Å². The third-order valence-electron chi connectivity index (χ3n) is 5.23. The summed E-state index contributed by atoms with van der Waals surface area (Å²) in [5.74, 6) is 0.0979. The Hall–Kier alpha value is -1.34. The Morgan fingerprint density at radius 1 is 1.12 bits per heavy atom. The lowest BCUT2D eigenvalue weighted by molar-refractivity contribution is 0.0792. The fourth-order valence-corrected chi connectivity index (χ4v) is 5.60. The number of halogens is 3. The van der Waals surface area contributed by atoms with E-state index in [9.17, 15) is 13.9 Å². The molecule has 1 saturated heterocycles. The zero-order valence-corrected chi connectivity index (χ0v) is 21.5. The summed E-state index contributed by atoms with van der Waals surface area (Å²) < 4.78 is 22.4. The predicted octanol–water partition coefficient (Wildman–Crippen LogP) is 5.47. The van der Waals surface area contributed by atoms with E-state index in [0.29, 0.717) is 34.4 Å². The van der Waals surface area contributed by atoms with Crippen LogP contribution in [0.1, 0.15) is 16.1 Å². The van der Waals surface area contributed by atoms with Gasteiger partial charge in [-0.1, -0.05) is 35.3 Å². The summed E-state index contributed by atoms with van der Waals surface area (Å²) in [4.78, 5) is 13.1. The first-order valence-corrected chi connectivity index (χ1v) is 13.5. The molecule has 0 saturated carbocycles. The highest BCUT2D eigenvalue weighted by atomic mass is 127. The molecule has 0 unspecified atom stereocenters. The van der Waals surface area contributed by atoms with Gasteiger partial charge in [-0.3, -0.25) is 19.3 Å². The molecule has 2 heterocycles. The van der Waals surface area contributed by atoms with Crippen LogP contribution in [-0.2, 0) is 0 Å². The lowest BCUT2D eigenvalue weighted by Crippen LogP contribution is -2.49. The molecule has 7 nitrogen and oxygen atoms in total. The highest BCUT2D eigenvalue weighted by Gasteiger charge is 2.27. The van der Waals surface area contributed by atoms with Gasteiger partial charge in [0.15, 0.2) is 5.69 Å². The second-order valence-corrected chi connectivity index (χ2v) is 12.0. The summed E-state index contributed by atoms with van der Waals surface area (Å²) in [7, 11) is -2.55. The van der Waals surface area contributed by atoms with Gasteiger partial charge in [-0.15, -0.1) is 0 Å². The molecule has 170 valence electrons. The monoisotopic (exact) mass is 606 g/mol. The van der Waals surface area contributed by atoms with E-state index in [1.165, 1.54) is 0 Å². The lowest BCUT2D eigenvalue weighted by atomic mass is 10.1. The normalized spacial score (nSPS) is 17.2. The van der Waals surface area contributed by atoms with Crippen molar-refractivity contribution in [1.82, 2.24) is 20.2 Å². The molecule has 0 spiro atoms. The van der Waals surface area contributed by atoms with Gasteiger partial charge in [0.1, 0.15) is 0 Å². The van der Waals surface area contributed by atoms with Gasteiger partial charge >= 0.3 is 0 Å². The van der Waals surface area contributed by atoms with Gasteiger partial charge in [-0.25, -0.2) is 9.69 Å². The number of nitrogens with zero attached hydrogens (tertiary/aromatic N) is 3. The molecule has 0 aliphatic carbocycles. The number of hydrogen-bond donors (Lipinski definition) is 3. The molecule has 4 rings (SSSR count). The van der Waals surface area contributed by atoms with E-state index in [0.717, 1.165) is 14.8 Å². The maximum atomic E-state index is 13.1. The van der Waals surface area contributed by atoms with Gasteiger partial charge in [-0.2, -0.15) is 15.7 Å². The molecule has 1 fully saturated rings. The standard InChI is InChI=1S/C21H21Cl2IN4O3S/c1-13-19(21(29)26-27-8-10-32(30,31)11-9-27)25-28(18-7-4-15(22)12-17(18)23)20(13)14-2-5-16(24)6-3-14/h2-7,12,30-31H,8-11H2,1H3,(H,26,29). The zero-order chi connectivity index (χ0) is 23.0. The van der Waals surface area contributed by atoms with Gasteiger partial charge in [-0.05, 0) is 59.8 Å². The van der Waals surface area contributed by atoms with E-state index in [1.54, 1.807) is 27.9 Å². The number of benzene rings is 2. The van der Waals surface area contributed by atoms with Crippen molar-refractivity contribution in [3.8, 4) is 16.9 Å². The Balaban J connectivity index is 1.74. The number of nitrogens with one attached hydrogen (secondary N) is 1. The van der Waals surface area contributed by atoms with Crippen LogP contribution in [0.25, 0.3) is 16.9 Å². The van der Waals surface area contributed by atoms with Crippen molar-refractivity contribution in [2.24, 2.45) is 0 Å². The topological polar surface area (TPSA) is 90.6 Å². The van der Waals surface area contributed by atoms with Crippen LogP contribution < -0.4 is 5.43 Å². The molecular weight excluding hydrogens is 586 g/mol. The van der Waals surface area contributed by atoms with Gasteiger partial charge < -0.3 is 0 Å². The van der Waals surface area contributed by atoms with Crippen LogP contribution in [0.5, 0.6) is 0 Å². The van der Waals surface area contributed by atoms with Crippen molar-refractivity contribution in [3.63, 3.8) is 0 Å². The van der Waals surface area contributed by atoms with Crippen molar-refractivity contribution in [2.45, 2.75) is 6.92 Å². The third kappa shape index (κ3) is 5.09. The summed E-state index contributed by atoms with van der Waals surface area (Å²) in [6.07, 6.45) is 0. The number of hydrogen-bond acceptors (Lipinski definition) is 5. The Bertz CT molecular complexity index is 1160. The van der Waals surface area contributed by atoms with Crippen LogP contribution >= 0.6 is 56.4 Å². The van der Waals surface area contributed by atoms with Gasteiger partial charge in [0, 0.05) is 32.8 Å². The van der Waals surface area contributed by atoms with Crippen LogP contribution in [0.2, 0.25) is 10.0 Å². The minimum atomic E-state index is -2.55. The molecule has 2 aromatic carbocycles. The van der Waals surface area contributed by atoms with Crippen molar-refractivity contribution in [1.29, 1.82) is 0 Å². The van der Waals surface area contributed by atoms with Gasteiger partial charge in [0.25, 0.3) is 5.91 Å². The molecule has 32 heavy (non-hydrogen) atoms. The summed E-state index contributed by atoms with van der Waals surface area (Å²) in [5, 5.41) is 7.23. The number of rotatable bonds is 4. The number of amides is 1. The maximum Gasteiger partial charge on any atom is 0.286 e. The average molecular weight is 607 g/mol. The van der Waals surface area contributed by atoms with Crippen molar-refractivity contribution >= 4 is 62.3 Å². The second-order valence-electron chi connectivity index (χ2n) is 7.48. The largest absolute Gasteiger partial charge is 0.299 e. The minimum Gasteiger partial charge on any atom is -0.299 e. The molecule has 0 bridgehead atoms. The fraction of sp³-hybridized carbons (Fsp3) is 0.238. The van der Waals surface area contributed by atoms with E-state index in [-0.39, 0.29) is 23.1 Å². The van der Waals surface area contributed by atoms with Gasteiger partial charge in [0.2, 0.25) is 0 Å². The van der Waals surface area contributed by atoms with Crippen LogP contribution in [0.4, 0.5) is 0 Å². The van der Waals surface area contributed by atoms with E-state index >= 15 is 0 Å². The van der Waals surface area contributed by atoms with Crippen LogP contribution in [0, 0.1) is 10.5 Å². The fourth-order valence-electron chi connectivity index (χ4n) is 3.52. The highest BCUT2D eigenvalue weighted by Crippen LogP contribution is 2.40. The molecule has 3 aromatic rings. The molecule has 1 aromatic heterocycles. The second kappa shape index (κ2) is 9.49. The third-order valence-corrected chi connectivity index (χ3v) is 8.16. The first kappa shape index (κ1) is 23.8. The SMILES string of the molecule is Cc1c(C(=O)NN2CCS(O)(O)CC2)nn(-c2ccc(Cl)cc2Cl)c1-c1ccc(I)cc1.